The highest BCUT2D eigenvalue weighted by molar-refractivity contribution is 7.99. The monoisotopic (exact) mass is 371 g/mol. The van der Waals surface area contributed by atoms with Gasteiger partial charge in [0.15, 0.2) is 5.96 Å². The molecule has 2 aliphatic heterocycles. The summed E-state index contributed by atoms with van der Waals surface area (Å²) in [5, 5.41) is 0. The number of carbonyl (C=O) groups excluding carboxylic acids is 1. The van der Waals surface area contributed by atoms with Crippen molar-refractivity contribution < 1.29 is 9.53 Å². The molecule has 7 nitrogen and oxygen atoms in total. The number of hydrogen-bond donors (Lipinski definition) is 1. The van der Waals surface area contributed by atoms with Crippen molar-refractivity contribution in [1.29, 1.82) is 0 Å². The Kier molecular flexibility index (Phi) is 7.68. The van der Waals surface area contributed by atoms with Gasteiger partial charge in [0.25, 0.3) is 0 Å². The van der Waals surface area contributed by atoms with E-state index in [1.54, 1.807) is 4.90 Å². The number of nitrogens with two attached hydrogens (primary N) is 1. The molecule has 8 heteroatoms. The molecule has 2 saturated heterocycles. The Morgan fingerprint density at radius 1 is 1.08 bits per heavy atom. The first-order valence-corrected chi connectivity index (χ1v) is 10.3. The van der Waals surface area contributed by atoms with Gasteiger partial charge in [-0.05, 0) is 27.2 Å². The van der Waals surface area contributed by atoms with Gasteiger partial charge >= 0.3 is 6.09 Å². The van der Waals surface area contributed by atoms with E-state index in [1.807, 2.05) is 32.5 Å². The van der Waals surface area contributed by atoms with Crippen LogP contribution >= 0.6 is 11.8 Å². The molecule has 0 aromatic rings. The summed E-state index contributed by atoms with van der Waals surface area (Å²) < 4.78 is 5.43. The van der Waals surface area contributed by atoms with Crippen LogP contribution in [0.2, 0.25) is 0 Å². The van der Waals surface area contributed by atoms with Crippen LogP contribution in [0.4, 0.5) is 4.79 Å². The van der Waals surface area contributed by atoms with Crippen molar-refractivity contribution >= 4 is 23.8 Å². The zero-order valence-corrected chi connectivity index (χ0v) is 16.7. The molecule has 0 spiro atoms. The SMILES string of the molecule is CC(C)(C)OC(=O)N1CCN(CCCN=C(N)N2CCSCC2)CC1. The molecule has 0 aliphatic carbocycles. The number of aliphatic imine (C=N–C) groups is 1. The van der Waals surface area contributed by atoms with Crippen LogP contribution in [0.1, 0.15) is 27.2 Å². The molecule has 0 atom stereocenters. The lowest BCUT2D eigenvalue weighted by Crippen LogP contribution is -2.50. The highest BCUT2D eigenvalue weighted by Gasteiger charge is 2.25. The molecule has 0 unspecified atom stereocenters. The molecule has 0 aromatic heterocycles. The van der Waals surface area contributed by atoms with Crippen molar-refractivity contribution in [3.8, 4) is 0 Å². The molecule has 2 fully saturated rings. The fourth-order valence-electron chi connectivity index (χ4n) is 2.86. The van der Waals surface area contributed by atoms with Crippen molar-refractivity contribution in [3.05, 3.63) is 0 Å². The van der Waals surface area contributed by atoms with Crippen LogP contribution in [-0.4, -0.2) is 96.2 Å². The van der Waals surface area contributed by atoms with Gasteiger partial charge in [-0.25, -0.2) is 4.79 Å². The van der Waals surface area contributed by atoms with Crippen LogP contribution in [0, 0.1) is 0 Å². The third-order valence-electron chi connectivity index (χ3n) is 4.27. The molecule has 2 heterocycles. The summed E-state index contributed by atoms with van der Waals surface area (Å²) in [6, 6.07) is 0. The predicted octanol–water partition coefficient (Wildman–Crippen LogP) is 1.29. The highest BCUT2D eigenvalue weighted by Crippen LogP contribution is 2.12. The van der Waals surface area contributed by atoms with Crippen LogP contribution in [0.15, 0.2) is 4.99 Å². The standard InChI is InChI=1S/C17H33N5O2S/c1-17(2,3)24-16(23)22-9-7-20(8-10-22)6-4-5-19-15(18)21-11-13-25-14-12-21/h4-14H2,1-3H3,(H2,18,19). The Bertz CT molecular complexity index is 452. The minimum atomic E-state index is -0.431. The lowest BCUT2D eigenvalue weighted by atomic mass is 10.2. The molecule has 2 aliphatic rings. The minimum absolute atomic E-state index is 0.204. The zero-order chi connectivity index (χ0) is 18.3. The van der Waals surface area contributed by atoms with Gasteiger partial charge in [0.1, 0.15) is 5.60 Å². The third kappa shape index (κ3) is 7.32. The number of thioether (sulfide) groups is 1. The van der Waals surface area contributed by atoms with Gasteiger partial charge in [0.2, 0.25) is 0 Å². The van der Waals surface area contributed by atoms with Gasteiger partial charge in [-0.2, -0.15) is 11.8 Å². The second-order valence-electron chi connectivity index (χ2n) is 7.50. The van der Waals surface area contributed by atoms with Crippen molar-refractivity contribution in [2.24, 2.45) is 10.7 Å². The first kappa shape index (κ1) is 20.2. The lowest BCUT2D eigenvalue weighted by Gasteiger charge is -2.35. The molecular formula is C17H33N5O2S. The second-order valence-corrected chi connectivity index (χ2v) is 8.73. The summed E-state index contributed by atoms with van der Waals surface area (Å²) in [7, 11) is 0. The van der Waals surface area contributed by atoms with E-state index < -0.39 is 5.60 Å². The van der Waals surface area contributed by atoms with Gasteiger partial charge in [0, 0.05) is 63.9 Å². The Morgan fingerprint density at radius 2 is 1.72 bits per heavy atom. The van der Waals surface area contributed by atoms with Crippen LogP contribution in [0.3, 0.4) is 0 Å². The van der Waals surface area contributed by atoms with E-state index in [1.165, 1.54) is 0 Å². The number of ether oxygens (including phenoxy) is 1. The predicted molar refractivity (Wildman–Crippen MR) is 104 cm³/mol. The second kappa shape index (κ2) is 9.52. The largest absolute Gasteiger partial charge is 0.444 e. The maximum absolute atomic E-state index is 12.1. The molecule has 144 valence electrons. The van der Waals surface area contributed by atoms with Gasteiger partial charge in [0.05, 0.1) is 0 Å². The van der Waals surface area contributed by atoms with Crippen molar-refractivity contribution in [1.82, 2.24) is 14.7 Å². The van der Waals surface area contributed by atoms with E-state index in [9.17, 15) is 4.79 Å². The quantitative estimate of drug-likeness (QED) is 0.456. The Hall–Kier alpha value is -1.15. The Morgan fingerprint density at radius 3 is 2.32 bits per heavy atom. The van der Waals surface area contributed by atoms with Crippen LogP contribution in [0.5, 0.6) is 0 Å². The van der Waals surface area contributed by atoms with Crippen LogP contribution in [0.25, 0.3) is 0 Å². The van der Waals surface area contributed by atoms with Gasteiger partial charge in [-0.3, -0.25) is 9.89 Å². The van der Waals surface area contributed by atoms with Gasteiger partial charge in [-0.1, -0.05) is 0 Å². The van der Waals surface area contributed by atoms with Gasteiger partial charge < -0.3 is 20.3 Å². The van der Waals surface area contributed by atoms with E-state index >= 15 is 0 Å². The van der Waals surface area contributed by atoms with E-state index in [2.05, 4.69) is 14.8 Å². The van der Waals surface area contributed by atoms with Crippen LogP contribution in [-0.2, 0) is 4.74 Å². The van der Waals surface area contributed by atoms with Crippen LogP contribution < -0.4 is 5.73 Å². The van der Waals surface area contributed by atoms with Gasteiger partial charge in [-0.15, -0.1) is 0 Å². The normalized spacial score (nSPS) is 20.7. The summed E-state index contributed by atoms with van der Waals surface area (Å²) in [5.41, 5.74) is 5.63. The molecule has 0 radical (unpaired) electrons. The fourth-order valence-corrected chi connectivity index (χ4v) is 3.76. The molecule has 2 rings (SSSR count). The van der Waals surface area contributed by atoms with E-state index in [4.69, 9.17) is 10.5 Å². The first-order chi connectivity index (χ1) is 11.8. The van der Waals surface area contributed by atoms with Crippen molar-refractivity contribution in [3.63, 3.8) is 0 Å². The van der Waals surface area contributed by atoms with Crippen molar-refractivity contribution in [2.45, 2.75) is 32.8 Å². The summed E-state index contributed by atoms with van der Waals surface area (Å²) in [4.78, 5) is 22.9. The number of guanidine groups is 1. The summed E-state index contributed by atoms with van der Waals surface area (Å²) >= 11 is 1.97. The summed E-state index contributed by atoms with van der Waals surface area (Å²) in [6.45, 7) is 12.7. The highest BCUT2D eigenvalue weighted by atomic mass is 32.2. The number of amides is 1. The Labute approximate surface area is 155 Å². The molecule has 2 N–H and O–H groups in total. The molecule has 0 bridgehead atoms. The topological polar surface area (TPSA) is 74.4 Å². The van der Waals surface area contributed by atoms with E-state index in [0.717, 1.165) is 70.3 Å². The van der Waals surface area contributed by atoms with E-state index in [0.29, 0.717) is 5.96 Å². The molecule has 1 amide bonds. The summed E-state index contributed by atoms with van der Waals surface area (Å²) in [6.07, 6.45) is 0.791. The van der Waals surface area contributed by atoms with E-state index in [-0.39, 0.29) is 6.09 Å². The Balaban J connectivity index is 1.61. The number of carbonyl (C=O) groups is 1. The van der Waals surface area contributed by atoms with Crippen molar-refractivity contribution in [2.75, 3.05) is 63.9 Å². The smallest absolute Gasteiger partial charge is 0.410 e. The summed E-state index contributed by atoms with van der Waals surface area (Å²) in [5.74, 6) is 2.96. The lowest BCUT2D eigenvalue weighted by molar-refractivity contribution is 0.0145. The number of nitrogens with zero attached hydrogens (tertiary/aromatic N) is 4. The first-order valence-electron chi connectivity index (χ1n) is 9.18. The average molecular weight is 372 g/mol. The maximum Gasteiger partial charge on any atom is 0.410 e. The molecular weight excluding hydrogens is 338 g/mol. The minimum Gasteiger partial charge on any atom is -0.444 e. The number of hydrogen-bond acceptors (Lipinski definition) is 5. The number of rotatable bonds is 4. The maximum atomic E-state index is 12.1. The molecule has 0 saturated carbocycles. The molecule has 25 heavy (non-hydrogen) atoms. The number of piperazine rings is 1. The third-order valence-corrected chi connectivity index (χ3v) is 5.21. The average Bonchev–Trinajstić information content (AvgIpc) is 2.58. The fraction of sp³-hybridized carbons (Fsp3) is 0.882. The molecule has 0 aromatic carbocycles. The zero-order valence-electron chi connectivity index (χ0n) is 15.9.